The highest BCUT2D eigenvalue weighted by Crippen LogP contribution is 2.56. The molecule has 1 aromatic rings. The van der Waals surface area contributed by atoms with Gasteiger partial charge in [-0.2, -0.15) is 13.2 Å². The molecule has 0 spiro atoms. The predicted octanol–water partition coefficient (Wildman–Crippen LogP) is 4.97. The van der Waals surface area contributed by atoms with Crippen molar-refractivity contribution in [2.75, 3.05) is 23.8 Å². The molecule has 0 aromatic heterocycles. The zero-order valence-electron chi connectivity index (χ0n) is 15.9. The monoisotopic (exact) mass is 396 g/mol. The summed E-state index contributed by atoms with van der Waals surface area (Å²) in [5.41, 5.74) is 1.69. The zero-order valence-corrected chi connectivity index (χ0v) is 15.9. The standard InChI is InChI=1S/C21H27F3N2O2/c22-21(23,24)13-28-6-5-19(27)25-17-3-1-2-4-18(17)26-20-10-14-7-15(11-20)9-16(8-14)12-20/h1-4,14-16,26H,5-13H2,(H,25,27). The fourth-order valence-electron chi connectivity index (χ4n) is 5.82. The summed E-state index contributed by atoms with van der Waals surface area (Å²) in [7, 11) is 0. The van der Waals surface area contributed by atoms with E-state index in [0.717, 1.165) is 23.4 Å². The number of benzene rings is 1. The molecule has 28 heavy (non-hydrogen) atoms. The number of ether oxygens (including phenoxy) is 1. The van der Waals surface area contributed by atoms with Gasteiger partial charge in [0, 0.05) is 5.54 Å². The van der Waals surface area contributed by atoms with Crippen LogP contribution in [-0.2, 0) is 9.53 Å². The van der Waals surface area contributed by atoms with Crippen molar-refractivity contribution < 1.29 is 22.7 Å². The number of hydrogen-bond donors (Lipinski definition) is 2. The van der Waals surface area contributed by atoms with E-state index in [-0.39, 0.29) is 24.5 Å². The molecule has 0 radical (unpaired) electrons. The highest BCUT2D eigenvalue weighted by atomic mass is 19.4. The van der Waals surface area contributed by atoms with Crippen LogP contribution in [0.15, 0.2) is 24.3 Å². The van der Waals surface area contributed by atoms with Gasteiger partial charge in [-0.15, -0.1) is 0 Å². The Morgan fingerprint density at radius 2 is 1.61 bits per heavy atom. The second-order valence-corrected chi connectivity index (χ2v) is 8.83. The minimum Gasteiger partial charge on any atom is -0.378 e. The number of halogens is 3. The Morgan fingerprint density at radius 1 is 1.04 bits per heavy atom. The van der Waals surface area contributed by atoms with E-state index in [0.29, 0.717) is 5.69 Å². The van der Waals surface area contributed by atoms with Gasteiger partial charge in [-0.25, -0.2) is 0 Å². The smallest absolute Gasteiger partial charge is 0.378 e. The summed E-state index contributed by atoms with van der Waals surface area (Å²) in [4.78, 5) is 12.2. The predicted molar refractivity (Wildman–Crippen MR) is 101 cm³/mol. The number of para-hydroxylation sites is 2. The Labute approximate surface area is 163 Å². The molecular weight excluding hydrogens is 369 g/mol. The number of rotatable bonds is 7. The van der Waals surface area contributed by atoms with Crippen LogP contribution in [0.4, 0.5) is 24.5 Å². The van der Waals surface area contributed by atoms with Gasteiger partial charge in [-0.05, 0) is 68.4 Å². The van der Waals surface area contributed by atoms with E-state index in [1.165, 1.54) is 38.5 Å². The molecule has 4 aliphatic carbocycles. The second kappa shape index (κ2) is 7.58. The Bertz CT molecular complexity index is 685. The van der Waals surface area contributed by atoms with Gasteiger partial charge in [0.1, 0.15) is 6.61 Å². The number of nitrogens with one attached hydrogen (secondary N) is 2. The van der Waals surface area contributed by atoms with Crippen LogP contribution in [0.1, 0.15) is 44.9 Å². The highest BCUT2D eigenvalue weighted by Gasteiger charge is 2.51. The van der Waals surface area contributed by atoms with Gasteiger partial charge in [0.05, 0.1) is 24.4 Å². The molecule has 0 saturated heterocycles. The summed E-state index contributed by atoms with van der Waals surface area (Å²) in [6.45, 7) is -1.58. The lowest BCUT2D eigenvalue weighted by Gasteiger charge is -2.57. The van der Waals surface area contributed by atoms with Crippen LogP contribution in [0.25, 0.3) is 0 Å². The van der Waals surface area contributed by atoms with Gasteiger partial charge in [0.15, 0.2) is 0 Å². The molecule has 4 fully saturated rings. The summed E-state index contributed by atoms with van der Waals surface area (Å²) in [5.74, 6) is 2.09. The topological polar surface area (TPSA) is 50.4 Å². The Morgan fingerprint density at radius 3 is 2.18 bits per heavy atom. The van der Waals surface area contributed by atoms with Gasteiger partial charge in [0.2, 0.25) is 5.91 Å². The second-order valence-electron chi connectivity index (χ2n) is 8.83. The van der Waals surface area contributed by atoms with Crippen molar-refractivity contribution in [1.29, 1.82) is 0 Å². The first kappa shape index (κ1) is 19.6. The number of anilines is 2. The van der Waals surface area contributed by atoms with Crippen LogP contribution in [0, 0.1) is 17.8 Å². The van der Waals surface area contributed by atoms with E-state index in [9.17, 15) is 18.0 Å². The summed E-state index contributed by atoms with van der Waals surface area (Å²) >= 11 is 0. The van der Waals surface area contributed by atoms with Crippen LogP contribution in [0.2, 0.25) is 0 Å². The molecule has 2 N–H and O–H groups in total. The average Bonchev–Trinajstić information content (AvgIpc) is 2.58. The molecule has 4 aliphatic rings. The van der Waals surface area contributed by atoms with E-state index in [1.54, 1.807) is 0 Å². The third-order valence-electron chi connectivity index (χ3n) is 6.38. The lowest BCUT2D eigenvalue weighted by atomic mass is 9.53. The van der Waals surface area contributed by atoms with Crippen molar-refractivity contribution in [3.05, 3.63) is 24.3 Å². The molecule has 0 atom stereocenters. The maximum Gasteiger partial charge on any atom is 0.411 e. The molecule has 0 unspecified atom stereocenters. The van der Waals surface area contributed by atoms with E-state index < -0.39 is 12.8 Å². The van der Waals surface area contributed by atoms with E-state index in [1.807, 2.05) is 24.3 Å². The number of amides is 1. The summed E-state index contributed by atoms with van der Waals surface area (Å²) < 4.78 is 40.8. The van der Waals surface area contributed by atoms with Crippen molar-refractivity contribution in [2.24, 2.45) is 17.8 Å². The van der Waals surface area contributed by atoms with Crippen LogP contribution in [-0.4, -0.2) is 30.8 Å². The van der Waals surface area contributed by atoms with Gasteiger partial charge in [-0.3, -0.25) is 4.79 Å². The third kappa shape index (κ3) is 4.62. The van der Waals surface area contributed by atoms with E-state index in [4.69, 9.17) is 0 Å². The Kier molecular flexibility index (Phi) is 5.29. The lowest BCUT2D eigenvalue weighted by Crippen LogP contribution is -2.54. The first-order valence-corrected chi connectivity index (χ1v) is 10.1. The fourth-order valence-corrected chi connectivity index (χ4v) is 5.82. The van der Waals surface area contributed by atoms with Crippen molar-refractivity contribution >= 4 is 17.3 Å². The molecule has 7 heteroatoms. The minimum atomic E-state index is -4.37. The van der Waals surface area contributed by atoms with Crippen molar-refractivity contribution in [3.8, 4) is 0 Å². The normalized spacial score (nSPS) is 31.0. The number of carbonyl (C=O) groups is 1. The molecule has 0 aliphatic heterocycles. The minimum absolute atomic E-state index is 0.109. The van der Waals surface area contributed by atoms with E-state index in [2.05, 4.69) is 15.4 Å². The van der Waals surface area contributed by atoms with Crippen LogP contribution < -0.4 is 10.6 Å². The molecule has 5 rings (SSSR count). The van der Waals surface area contributed by atoms with Crippen molar-refractivity contribution in [3.63, 3.8) is 0 Å². The SMILES string of the molecule is O=C(CCOCC(F)(F)F)Nc1ccccc1NC12CC3CC(CC(C3)C1)C2. The maximum absolute atomic E-state index is 12.2. The fraction of sp³-hybridized carbons (Fsp3) is 0.667. The average molecular weight is 396 g/mol. The largest absolute Gasteiger partial charge is 0.411 e. The van der Waals surface area contributed by atoms with Crippen LogP contribution in [0.3, 0.4) is 0 Å². The molecule has 1 aromatic carbocycles. The van der Waals surface area contributed by atoms with E-state index >= 15 is 0 Å². The highest BCUT2D eigenvalue weighted by molar-refractivity contribution is 5.94. The third-order valence-corrected chi connectivity index (χ3v) is 6.38. The van der Waals surface area contributed by atoms with Crippen LogP contribution in [0.5, 0.6) is 0 Å². The van der Waals surface area contributed by atoms with Crippen LogP contribution >= 0.6 is 0 Å². The first-order chi connectivity index (χ1) is 13.3. The molecule has 1 amide bonds. The number of hydrogen-bond acceptors (Lipinski definition) is 3. The summed E-state index contributed by atoms with van der Waals surface area (Å²) in [5, 5.41) is 6.58. The quantitative estimate of drug-likeness (QED) is 0.640. The lowest BCUT2D eigenvalue weighted by molar-refractivity contribution is -0.174. The molecular formula is C21H27F3N2O2. The number of alkyl halides is 3. The zero-order chi connectivity index (χ0) is 19.8. The first-order valence-electron chi connectivity index (χ1n) is 10.1. The van der Waals surface area contributed by atoms with Gasteiger partial charge in [-0.1, -0.05) is 12.1 Å². The number of carbonyl (C=O) groups excluding carboxylic acids is 1. The van der Waals surface area contributed by atoms with Crippen molar-refractivity contribution in [1.82, 2.24) is 0 Å². The Hall–Kier alpha value is -1.76. The summed E-state index contributed by atoms with van der Waals surface area (Å²) in [6, 6.07) is 7.58. The molecule has 154 valence electrons. The molecule has 0 heterocycles. The molecule has 4 saturated carbocycles. The molecule has 4 nitrogen and oxygen atoms in total. The molecule has 4 bridgehead atoms. The van der Waals surface area contributed by atoms with Crippen molar-refractivity contribution in [2.45, 2.75) is 56.7 Å². The van der Waals surface area contributed by atoms with Gasteiger partial charge < -0.3 is 15.4 Å². The Balaban J connectivity index is 1.36. The van der Waals surface area contributed by atoms with Gasteiger partial charge in [0.25, 0.3) is 0 Å². The maximum atomic E-state index is 12.2. The summed E-state index contributed by atoms with van der Waals surface area (Å²) in [6.07, 6.45) is 3.16. The van der Waals surface area contributed by atoms with Gasteiger partial charge >= 0.3 is 6.18 Å².